The normalized spacial score (nSPS) is 26.5. The van der Waals surface area contributed by atoms with Gasteiger partial charge in [0, 0.05) is 26.2 Å². The number of rotatable bonds is 2. The van der Waals surface area contributed by atoms with Crippen LogP contribution in [0.2, 0.25) is 0 Å². The summed E-state index contributed by atoms with van der Waals surface area (Å²) in [5.74, 6) is 0.981. The molecule has 21 heavy (non-hydrogen) atoms. The van der Waals surface area contributed by atoms with Crippen molar-refractivity contribution in [2.75, 3.05) is 44.8 Å². The molecule has 2 saturated heterocycles. The fourth-order valence-corrected chi connectivity index (χ4v) is 4.38. The van der Waals surface area contributed by atoms with Crippen LogP contribution in [0.5, 0.6) is 0 Å². The summed E-state index contributed by atoms with van der Waals surface area (Å²) in [6.07, 6.45) is 3.51. The lowest BCUT2D eigenvalue weighted by Crippen LogP contribution is -2.53. The molecule has 0 radical (unpaired) electrons. The predicted octanol–water partition coefficient (Wildman–Crippen LogP) is 1.32. The number of amides is 1. The molecule has 7 heteroatoms. The Kier molecular flexibility index (Phi) is 4.03. The third-order valence-corrected chi connectivity index (χ3v) is 5.77. The van der Waals surface area contributed by atoms with Crippen LogP contribution in [0, 0.1) is 5.92 Å². The third-order valence-electron chi connectivity index (χ3n) is 4.69. The summed E-state index contributed by atoms with van der Waals surface area (Å²) in [4.78, 5) is 21.8. The Morgan fingerprint density at radius 1 is 1.43 bits per heavy atom. The Labute approximate surface area is 129 Å². The minimum Gasteiger partial charge on any atom is -0.382 e. The van der Waals surface area contributed by atoms with Gasteiger partial charge in [-0.25, -0.2) is 4.98 Å². The van der Waals surface area contributed by atoms with E-state index in [9.17, 15) is 4.79 Å². The van der Waals surface area contributed by atoms with E-state index >= 15 is 0 Å². The van der Waals surface area contributed by atoms with Crippen molar-refractivity contribution >= 4 is 28.2 Å². The van der Waals surface area contributed by atoms with Gasteiger partial charge in [0.2, 0.25) is 0 Å². The van der Waals surface area contributed by atoms with Crippen LogP contribution >= 0.6 is 11.3 Å². The molecule has 2 aliphatic rings. The van der Waals surface area contributed by atoms with E-state index in [0.717, 1.165) is 19.5 Å². The zero-order chi connectivity index (χ0) is 15.0. The molecular weight excluding hydrogens is 286 g/mol. The number of likely N-dealkylation sites (tertiary alicyclic amines) is 2. The highest BCUT2D eigenvalue weighted by atomic mass is 32.1. The lowest BCUT2D eigenvalue weighted by atomic mass is 9.84. The van der Waals surface area contributed by atoms with E-state index in [-0.39, 0.29) is 5.91 Å². The van der Waals surface area contributed by atoms with Gasteiger partial charge in [0.15, 0.2) is 5.13 Å². The van der Waals surface area contributed by atoms with Gasteiger partial charge < -0.3 is 20.9 Å². The zero-order valence-corrected chi connectivity index (χ0v) is 13.4. The van der Waals surface area contributed by atoms with E-state index < -0.39 is 0 Å². The highest BCUT2D eigenvalue weighted by molar-refractivity contribution is 7.18. The molecule has 0 aliphatic carbocycles. The quantitative estimate of drug-likeness (QED) is 0.862. The molecule has 0 spiro atoms. The van der Waals surface area contributed by atoms with Gasteiger partial charge in [0.05, 0.1) is 0 Å². The summed E-state index contributed by atoms with van der Waals surface area (Å²) in [7, 11) is 3.99. The first kappa shape index (κ1) is 14.6. The number of thiazole rings is 1. The van der Waals surface area contributed by atoms with Crippen LogP contribution in [0.1, 0.15) is 28.9 Å². The third kappa shape index (κ3) is 2.72. The molecule has 3 rings (SSSR count). The first-order chi connectivity index (χ1) is 10.1. The van der Waals surface area contributed by atoms with Crippen LogP contribution in [0.4, 0.5) is 10.9 Å². The van der Waals surface area contributed by atoms with Crippen LogP contribution in [0.25, 0.3) is 0 Å². The Bertz CT molecular complexity index is 531. The van der Waals surface area contributed by atoms with Crippen molar-refractivity contribution in [2.24, 2.45) is 5.92 Å². The number of carbonyl (C=O) groups excluding carboxylic acids is 1. The summed E-state index contributed by atoms with van der Waals surface area (Å²) in [6, 6.07) is 0.634. The van der Waals surface area contributed by atoms with Gasteiger partial charge in [-0.3, -0.25) is 4.79 Å². The zero-order valence-electron chi connectivity index (χ0n) is 12.6. The standard InChI is InChI=1S/C14H23N5OS/c1-16-14-17-12(15)11(21-14)13(20)19-7-5-10-9(8-19)4-3-6-18(10)2/h9-10H,3-8,15H2,1-2H3,(H,16,17). The van der Waals surface area contributed by atoms with Crippen molar-refractivity contribution in [3.8, 4) is 0 Å². The molecule has 1 aromatic heterocycles. The molecular formula is C14H23N5OS. The number of hydrogen-bond acceptors (Lipinski definition) is 6. The average molecular weight is 309 g/mol. The number of nitrogens with zero attached hydrogens (tertiary/aromatic N) is 3. The molecule has 2 fully saturated rings. The van der Waals surface area contributed by atoms with Crippen LogP contribution in [-0.4, -0.2) is 60.5 Å². The Balaban J connectivity index is 1.72. The molecule has 6 nitrogen and oxygen atoms in total. The van der Waals surface area contributed by atoms with E-state index in [1.54, 1.807) is 7.05 Å². The van der Waals surface area contributed by atoms with Crippen molar-refractivity contribution in [1.82, 2.24) is 14.8 Å². The molecule has 2 aliphatic heterocycles. The number of piperidine rings is 2. The summed E-state index contributed by atoms with van der Waals surface area (Å²) >= 11 is 1.34. The number of fused-ring (bicyclic) bond motifs is 1. The van der Waals surface area contributed by atoms with E-state index in [1.807, 2.05) is 4.90 Å². The molecule has 3 N–H and O–H groups in total. The predicted molar refractivity (Wildman–Crippen MR) is 85.7 cm³/mol. The lowest BCUT2D eigenvalue weighted by molar-refractivity contribution is 0.0320. The second kappa shape index (κ2) is 5.81. The maximum Gasteiger partial charge on any atom is 0.267 e. The number of anilines is 2. The average Bonchev–Trinajstić information content (AvgIpc) is 2.87. The molecule has 0 saturated carbocycles. The van der Waals surface area contributed by atoms with E-state index in [1.165, 1.54) is 30.7 Å². The molecule has 1 amide bonds. The number of nitrogen functional groups attached to an aromatic ring is 1. The highest BCUT2D eigenvalue weighted by Crippen LogP contribution is 2.32. The number of aromatic nitrogens is 1. The number of hydrogen-bond donors (Lipinski definition) is 2. The van der Waals surface area contributed by atoms with E-state index in [2.05, 4.69) is 22.2 Å². The fraction of sp³-hybridized carbons (Fsp3) is 0.714. The van der Waals surface area contributed by atoms with Crippen molar-refractivity contribution in [1.29, 1.82) is 0 Å². The summed E-state index contributed by atoms with van der Waals surface area (Å²) < 4.78 is 0. The van der Waals surface area contributed by atoms with Gasteiger partial charge >= 0.3 is 0 Å². The molecule has 2 unspecified atom stereocenters. The van der Waals surface area contributed by atoms with Crippen LogP contribution in [-0.2, 0) is 0 Å². The van der Waals surface area contributed by atoms with E-state index in [0.29, 0.717) is 27.8 Å². The van der Waals surface area contributed by atoms with E-state index in [4.69, 9.17) is 5.73 Å². The van der Waals surface area contributed by atoms with Gasteiger partial charge in [0.25, 0.3) is 5.91 Å². The number of nitrogens with one attached hydrogen (secondary N) is 1. The first-order valence-electron chi connectivity index (χ1n) is 7.53. The fourth-order valence-electron chi connectivity index (χ4n) is 3.57. The minimum absolute atomic E-state index is 0.0400. The van der Waals surface area contributed by atoms with Crippen molar-refractivity contribution in [3.63, 3.8) is 0 Å². The summed E-state index contributed by atoms with van der Waals surface area (Å²) in [5, 5.41) is 3.64. The van der Waals surface area contributed by atoms with Gasteiger partial charge in [-0.05, 0) is 38.8 Å². The molecule has 116 valence electrons. The van der Waals surface area contributed by atoms with Gasteiger partial charge in [-0.15, -0.1) is 0 Å². The largest absolute Gasteiger partial charge is 0.382 e. The van der Waals surface area contributed by atoms with Gasteiger partial charge in [-0.2, -0.15) is 0 Å². The van der Waals surface area contributed by atoms with Crippen LogP contribution in [0.3, 0.4) is 0 Å². The smallest absolute Gasteiger partial charge is 0.267 e. The Hall–Kier alpha value is -1.34. The van der Waals surface area contributed by atoms with Crippen molar-refractivity contribution in [2.45, 2.75) is 25.3 Å². The van der Waals surface area contributed by atoms with Crippen molar-refractivity contribution in [3.05, 3.63) is 4.88 Å². The SMILES string of the molecule is CNc1nc(N)c(C(=O)N2CCC3C(CCCN3C)C2)s1. The maximum absolute atomic E-state index is 12.7. The lowest BCUT2D eigenvalue weighted by Gasteiger charge is -2.45. The second-order valence-electron chi connectivity index (χ2n) is 5.97. The van der Waals surface area contributed by atoms with Gasteiger partial charge in [0.1, 0.15) is 10.7 Å². The maximum atomic E-state index is 12.7. The van der Waals surface area contributed by atoms with Gasteiger partial charge in [-0.1, -0.05) is 11.3 Å². The molecule has 2 atom stereocenters. The van der Waals surface area contributed by atoms with Crippen molar-refractivity contribution < 1.29 is 4.79 Å². The highest BCUT2D eigenvalue weighted by Gasteiger charge is 2.36. The molecule has 1 aromatic rings. The summed E-state index contributed by atoms with van der Waals surface area (Å²) in [6.45, 7) is 2.85. The van der Waals surface area contributed by atoms with Crippen LogP contribution in [0.15, 0.2) is 0 Å². The number of nitrogens with two attached hydrogens (primary N) is 1. The second-order valence-corrected chi connectivity index (χ2v) is 6.97. The Morgan fingerprint density at radius 3 is 2.95 bits per heavy atom. The summed E-state index contributed by atoms with van der Waals surface area (Å²) in [5.41, 5.74) is 5.88. The topological polar surface area (TPSA) is 74.5 Å². The Morgan fingerprint density at radius 2 is 2.24 bits per heavy atom. The number of carbonyl (C=O) groups is 1. The minimum atomic E-state index is 0.0400. The first-order valence-corrected chi connectivity index (χ1v) is 8.35. The monoisotopic (exact) mass is 309 g/mol. The molecule has 0 aromatic carbocycles. The molecule has 3 heterocycles. The van der Waals surface area contributed by atoms with Crippen LogP contribution < -0.4 is 11.1 Å². The molecule has 0 bridgehead atoms.